The molecule has 2 fully saturated rings. The summed E-state index contributed by atoms with van der Waals surface area (Å²) in [6, 6.07) is 25.3. The van der Waals surface area contributed by atoms with E-state index in [0.29, 0.717) is 27.4 Å². The molecule has 0 N–H and O–H groups in total. The highest BCUT2D eigenvalue weighted by molar-refractivity contribution is 8.26. The Labute approximate surface area is 247 Å². The van der Waals surface area contributed by atoms with E-state index in [1.807, 2.05) is 95.8 Å². The third kappa shape index (κ3) is 6.00. The molecule has 1 unspecified atom stereocenters. The molecule has 0 radical (unpaired) electrons. The average Bonchev–Trinajstić information content (AvgIpc) is 3.71. The van der Waals surface area contributed by atoms with Gasteiger partial charge in [-0.25, -0.2) is 4.68 Å². The van der Waals surface area contributed by atoms with Crippen LogP contribution in [0.25, 0.3) is 23.0 Å². The van der Waals surface area contributed by atoms with Crippen LogP contribution in [0.3, 0.4) is 0 Å². The number of ether oxygens (including phenoxy) is 2. The lowest BCUT2D eigenvalue weighted by Gasteiger charge is -2.18. The first-order valence-electron chi connectivity index (χ1n) is 13.0. The zero-order valence-electron chi connectivity index (χ0n) is 21.5. The Kier molecular flexibility index (Phi) is 8.02. The minimum atomic E-state index is -0.0881. The van der Waals surface area contributed by atoms with E-state index in [1.165, 1.54) is 11.8 Å². The Morgan fingerprint density at radius 3 is 2.58 bits per heavy atom. The van der Waals surface area contributed by atoms with Crippen molar-refractivity contribution in [1.82, 2.24) is 14.7 Å². The summed E-state index contributed by atoms with van der Waals surface area (Å²) >= 11 is 12.9. The number of thioether (sulfide) groups is 1. The van der Waals surface area contributed by atoms with Gasteiger partial charge in [0.1, 0.15) is 16.7 Å². The summed E-state index contributed by atoms with van der Waals surface area (Å²) in [4.78, 5) is 15.6. The van der Waals surface area contributed by atoms with E-state index in [9.17, 15) is 4.79 Å². The van der Waals surface area contributed by atoms with Gasteiger partial charge in [0, 0.05) is 29.0 Å². The number of aromatic nitrogens is 2. The van der Waals surface area contributed by atoms with E-state index in [2.05, 4.69) is 0 Å². The number of para-hydroxylation sites is 1. The first-order chi connectivity index (χ1) is 19.5. The van der Waals surface area contributed by atoms with E-state index in [1.54, 1.807) is 4.90 Å². The first kappa shape index (κ1) is 26.8. The highest BCUT2D eigenvalue weighted by Crippen LogP contribution is 2.36. The molecule has 4 aromatic rings. The molecular weight excluding hydrogens is 562 g/mol. The topological polar surface area (TPSA) is 56.6 Å². The van der Waals surface area contributed by atoms with Gasteiger partial charge in [-0.1, -0.05) is 65.9 Å². The van der Waals surface area contributed by atoms with Crippen LogP contribution in [0.2, 0.25) is 5.02 Å². The second-order valence-electron chi connectivity index (χ2n) is 9.58. The van der Waals surface area contributed by atoms with Gasteiger partial charge in [-0.05, 0) is 73.0 Å². The molecule has 2 aliphatic rings. The predicted octanol–water partition coefficient (Wildman–Crippen LogP) is 7.15. The highest BCUT2D eigenvalue weighted by Gasteiger charge is 2.35. The predicted molar refractivity (Wildman–Crippen MR) is 164 cm³/mol. The van der Waals surface area contributed by atoms with Gasteiger partial charge in [-0.3, -0.25) is 9.69 Å². The van der Waals surface area contributed by atoms with Crippen LogP contribution < -0.4 is 4.74 Å². The van der Waals surface area contributed by atoms with Crippen molar-refractivity contribution in [2.45, 2.75) is 25.6 Å². The Morgan fingerprint density at radius 2 is 1.85 bits per heavy atom. The van der Waals surface area contributed by atoms with E-state index in [-0.39, 0.29) is 12.0 Å². The third-order valence-electron chi connectivity index (χ3n) is 6.78. The fraction of sp³-hybridized carbons (Fsp3) is 0.194. The first-order valence-corrected chi connectivity index (χ1v) is 14.6. The summed E-state index contributed by atoms with van der Waals surface area (Å²) < 4.78 is 14.1. The average molecular weight is 588 g/mol. The Hall–Kier alpha value is -3.43. The van der Waals surface area contributed by atoms with Gasteiger partial charge >= 0.3 is 0 Å². The van der Waals surface area contributed by atoms with Crippen molar-refractivity contribution in [1.29, 1.82) is 0 Å². The van der Waals surface area contributed by atoms with Crippen LogP contribution in [-0.2, 0) is 16.1 Å². The number of halogens is 1. The standard InChI is InChI=1S/C31H26ClN3O3S2/c32-24-12-8-21(9-13-24)20-38-26-14-10-22(11-15-26)29-23(18-35(33-29)25-5-2-1-3-6-25)17-28-30(36)34(31(39)40-28)19-27-7-4-16-37-27/h1-3,5-6,8-15,17-18,27H,4,7,16,19-20H2. The molecule has 6 nitrogen and oxygen atoms in total. The van der Waals surface area contributed by atoms with Crippen molar-refractivity contribution in [3.05, 3.63) is 106 Å². The lowest BCUT2D eigenvalue weighted by atomic mass is 10.1. The summed E-state index contributed by atoms with van der Waals surface area (Å²) in [6.45, 7) is 1.68. The van der Waals surface area contributed by atoms with E-state index >= 15 is 0 Å². The summed E-state index contributed by atoms with van der Waals surface area (Å²) in [6.07, 6.45) is 5.84. The van der Waals surface area contributed by atoms with Gasteiger partial charge in [0.25, 0.3) is 5.91 Å². The van der Waals surface area contributed by atoms with E-state index < -0.39 is 0 Å². The number of thiocarbonyl (C=S) groups is 1. The summed E-state index contributed by atoms with van der Waals surface area (Å²) in [5, 5.41) is 5.60. The molecule has 1 aromatic heterocycles. The summed E-state index contributed by atoms with van der Waals surface area (Å²) in [5.41, 5.74) is 4.47. The van der Waals surface area contributed by atoms with E-state index in [4.69, 9.17) is 38.4 Å². The monoisotopic (exact) mass is 587 g/mol. The van der Waals surface area contributed by atoms with Gasteiger partial charge in [0.05, 0.1) is 28.9 Å². The zero-order chi connectivity index (χ0) is 27.5. The van der Waals surface area contributed by atoms with Gasteiger partial charge < -0.3 is 9.47 Å². The number of amides is 1. The van der Waals surface area contributed by atoms with Crippen LogP contribution in [0.1, 0.15) is 24.0 Å². The molecule has 3 heterocycles. The van der Waals surface area contributed by atoms with Crippen molar-refractivity contribution in [3.63, 3.8) is 0 Å². The molecule has 0 spiro atoms. The Bertz CT molecular complexity index is 1550. The smallest absolute Gasteiger partial charge is 0.266 e. The van der Waals surface area contributed by atoms with Crippen LogP contribution in [0.5, 0.6) is 5.75 Å². The van der Waals surface area contributed by atoms with Crippen molar-refractivity contribution in [2.24, 2.45) is 0 Å². The number of hydrogen-bond donors (Lipinski definition) is 0. The van der Waals surface area contributed by atoms with Gasteiger partial charge in [0.15, 0.2) is 0 Å². The highest BCUT2D eigenvalue weighted by atomic mass is 35.5. The second-order valence-corrected chi connectivity index (χ2v) is 11.7. The third-order valence-corrected chi connectivity index (χ3v) is 8.41. The molecule has 6 rings (SSSR count). The minimum Gasteiger partial charge on any atom is -0.489 e. The fourth-order valence-electron chi connectivity index (χ4n) is 4.68. The van der Waals surface area contributed by atoms with Crippen LogP contribution in [0.15, 0.2) is 90.0 Å². The van der Waals surface area contributed by atoms with Crippen molar-refractivity contribution < 1.29 is 14.3 Å². The van der Waals surface area contributed by atoms with Crippen molar-refractivity contribution in [2.75, 3.05) is 13.2 Å². The molecule has 40 heavy (non-hydrogen) atoms. The zero-order valence-corrected chi connectivity index (χ0v) is 23.9. The normalized spacial score (nSPS) is 18.2. The number of hydrogen-bond acceptors (Lipinski definition) is 6. The van der Waals surface area contributed by atoms with Crippen LogP contribution in [-0.4, -0.2) is 44.2 Å². The van der Waals surface area contributed by atoms with E-state index in [0.717, 1.165) is 53.3 Å². The molecule has 1 atom stereocenters. The largest absolute Gasteiger partial charge is 0.489 e. The molecule has 0 saturated carbocycles. The fourth-order valence-corrected chi connectivity index (χ4v) is 6.07. The van der Waals surface area contributed by atoms with Crippen LogP contribution in [0, 0.1) is 0 Å². The molecular formula is C31H26ClN3O3S2. The van der Waals surface area contributed by atoms with Crippen LogP contribution in [0.4, 0.5) is 0 Å². The van der Waals surface area contributed by atoms with Gasteiger partial charge in [0.2, 0.25) is 0 Å². The molecule has 3 aromatic carbocycles. The maximum Gasteiger partial charge on any atom is 0.266 e. The lowest BCUT2D eigenvalue weighted by Crippen LogP contribution is -2.35. The lowest BCUT2D eigenvalue weighted by molar-refractivity contribution is -0.123. The molecule has 2 saturated heterocycles. The minimum absolute atomic E-state index is 0.0404. The maximum atomic E-state index is 13.3. The molecule has 2 aliphatic heterocycles. The van der Waals surface area contributed by atoms with Crippen LogP contribution >= 0.6 is 35.6 Å². The molecule has 9 heteroatoms. The second kappa shape index (κ2) is 12.0. The summed E-state index contributed by atoms with van der Waals surface area (Å²) in [7, 11) is 0. The summed E-state index contributed by atoms with van der Waals surface area (Å²) in [5.74, 6) is 0.660. The SMILES string of the molecule is O=C1C(=Cc2cn(-c3ccccc3)nc2-c2ccc(OCc3ccc(Cl)cc3)cc2)SC(=S)N1CC1CCCO1. The molecule has 0 aliphatic carbocycles. The van der Waals surface area contributed by atoms with Gasteiger partial charge in [-0.2, -0.15) is 5.10 Å². The number of rotatable bonds is 8. The molecule has 202 valence electrons. The maximum absolute atomic E-state index is 13.3. The quantitative estimate of drug-likeness (QED) is 0.161. The van der Waals surface area contributed by atoms with Crippen molar-refractivity contribution in [3.8, 4) is 22.7 Å². The van der Waals surface area contributed by atoms with Gasteiger partial charge in [-0.15, -0.1) is 0 Å². The number of benzene rings is 3. The Morgan fingerprint density at radius 1 is 1.07 bits per heavy atom. The number of nitrogens with zero attached hydrogens (tertiary/aromatic N) is 3. The Balaban J connectivity index is 1.27. The molecule has 0 bridgehead atoms. The van der Waals surface area contributed by atoms with Crippen molar-refractivity contribution >= 4 is 51.9 Å². The number of carbonyl (C=O) groups is 1. The number of carbonyl (C=O) groups excluding carboxylic acids is 1. The molecule has 1 amide bonds.